The van der Waals surface area contributed by atoms with Crippen molar-refractivity contribution in [2.45, 2.75) is 13.5 Å². The highest BCUT2D eigenvalue weighted by atomic mass is 15.0. The van der Waals surface area contributed by atoms with Crippen LogP contribution in [0.1, 0.15) is 11.1 Å². The molecule has 0 saturated heterocycles. The van der Waals surface area contributed by atoms with Gasteiger partial charge in [-0.05, 0) is 35.7 Å². The summed E-state index contributed by atoms with van der Waals surface area (Å²) in [4.78, 5) is 8.54. The topological polar surface area (TPSA) is 82.8 Å². The first-order valence-electron chi connectivity index (χ1n) is 7.57. The second-order valence-electron chi connectivity index (χ2n) is 6.10. The minimum absolute atomic E-state index is 0.210. The molecule has 2 aromatic heterocycles. The molecule has 0 spiro atoms. The number of nitrogen functional groups attached to an aromatic ring is 2. The van der Waals surface area contributed by atoms with Crippen LogP contribution in [0.5, 0.6) is 0 Å². The number of fused-ring (bicyclic) bond motifs is 4. The normalized spacial score (nSPS) is 12.7. The van der Waals surface area contributed by atoms with Crippen molar-refractivity contribution >= 4 is 33.6 Å². The highest BCUT2D eigenvalue weighted by Crippen LogP contribution is 2.42. The molecule has 4 N–H and O–H groups in total. The lowest BCUT2D eigenvalue weighted by Gasteiger charge is -2.22. The van der Waals surface area contributed by atoms with Crippen molar-refractivity contribution in [2.75, 3.05) is 11.5 Å². The lowest BCUT2D eigenvalue weighted by molar-refractivity contribution is 0.828. The monoisotopic (exact) mass is 301 g/mol. The molecule has 1 aliphatic heterocycles. The molecule has 0 fully saturated rings. The van der Waals surface area contributed by atoms with Gasteiger partial charge in [0.15, 0.2) is 0 Å². The van der Waals surface area contributed by atoms with E-state index >= 15 is 0 Å². The number of nitrogens with two attached hydrogens (primary N) is 2. The zero-order valence-corrected chi connectivity index (χ0v) is 12.7. The van der Waals surface area contributed by atoms with E-state index in [1.165, 1.54) is 27.8 Å². The fraction of sp³-hybridized carbons (Fsp3) is 0.111. The maximum absolute atomic E-state index is 6.13. The summed E-state index contributed by atoms with van der Waals surface area (Å²) < 4.78 is 2.27. The van der Waals surface area contributed by atoms with Crippen LogP contribution in [0.15, 0.2) is 36.5 Å². The highest BCUT2D eigenvalue weighted by Gasteiger charge is 2.22. The van der Waals surface area contributed by atoms with Gasteiger partial charge in [0, 0.05) is 23.7 Å². The van der Waals surface area contributed by atoms with E-state index in [0.29, 0.717) is 5.82 Å². The first-order valence-corrected chi connectivity index (χ1v) is 7.57. The van der Waals surface area contributed by atoms with Crippen LogP contribution in [0.2, 0.25) is 0 Å². The zero-order valence-electron chi connectivity index (χ0n) is 12.7. The van der Waals surface area contributed by atoms with Crippen molar-refractivity contribution < 1.29 is 0 Å². The molecule has 5 heteroatoms. The lowest BCUT2D eigenvalue weighted by Crippen LogP contribution is -2.08. The second kappa shape index (κ2) is 4.01. The van der Waals surface area contributed by atoms with Crippen LogP contribution in [0.3, 0.4) is 0 Å². The summed E-state index contributed by atoms with van der Waals surface area (Å²) in [5.41, 5.74) is 19.0. The second-order valence-corrected chi connectivity index (χ2v) is 6.10. The molecule has 5 nitrogen and oxygen atoms in total. The number of aryl methyl sites for hydroxylation is 1. The molecule has 4 aromatic rings. The van der Waals surface area contributed by atoms with Gasteiger partial charge in [-0.1, -0.05) is 18.2 Å². The van der Waals surface area contributed by atoms with Crippen LogP contribution in [0, 0.1) is 6.92 Å². The van der Waals surface area contributed by atoms with Gasteiger partial charge in [-0.2, -0.15) is 4.98 Å². The standard InChI is InChI=1S/C18H15N5/c1-9-3-2-4-10-8-23-6-5-11-15-13(21-18(20)22-17(15)19)7-12(14(9)10)16(11)23/h2-7H,8H2,1H3,(H4,19,20,21,22). The fourth-order valence-corrected chi connectivity index (χ4v) is 3.83. The van der Waals surface area contributed by atoms with E-state index in [9.17, 15) is 0 Å². The molecule has 0 bridgehead atoms. The lowest BCUT2D eigenvalue weighted by atomic mass is 9.90. The molecule has 5 rings (SSSR count). The number of nitrogens with zero attached hydrogens (tertiary/aromatic N) is 3. The first-order chi connectivity index (χ1) is 11.1. The van der Waals surface area contributed by atoms with Crippen LogP contribution in [0.25, 0.3) is 32.9 Å². The average molecular weight is 301 g/mol. The summed E-state index contributed by atoms with van der Waals surface area (Å²) in [6.07, 6.45) is 2.11. The molecule has 0 amide bonds. The average Bonchev–Trinajstić information content (AvgIpc) is 2.91. The SMILES string of the molecule is Cc1cccc2c1-c1cc3nc(N)nc(N)c3c3ccn(c13)C2. The number of benzene rings is 2. The molecule has 2 aromatic carbocycles. The van der Waals surface area contributed by atoms with E-state index in [-0.39, 0.29) is 5.95 Å². The third-order valence-electron chi connectivity index (χ3n) is 4.72. The van der Waals surface area contributed by atoms with Gasteiger partial charge in [0.25, 0.3) is 0 Å². The Labute approximate surface area is 132 Å². The van der Waals surface area contributed by atoms with Gasteiger partial charge in [-0.15, -0.1) is 0 Å². The maximum atomic E-state index is 6.13. The van der Waals surface area contributed by atoms with Crippen molar-refractivity contribution in [1.82, 2.24) is 14.5 Å². The van der Waals surface area contributed by atoms with Crippen molar-refractivity contribution in [1.29, 1.82) is 0 Å². The van der Waals surface area contributed by atoms with E-state index < -0.39 is 0 Å². The minimum Gasteiger partial charge on any atom is -0.383 e. The van der Waals surface area contributed by atoms with Gasteiger partial charge >= 0.3 is 0 Å². The molecule has 0 radical (unpaired) electrons. The summed E-state index contributed by atoms with van der Waals surface area (Å²) in [6.45, 7) is 3.02. The van der Waals surface area contributed by atoms with E-state index in [1.807, 2.05) is 0 Å². The van der Waals surface area contributed by atoms with Gasteiger partial charge in [0.2, 0.25) is 5.95 Å². The zero-order chi connectivity index (χ0) is 15.7. The Hall–Kier alpha value is -3.08. The number of anilines is 2. The molecule has 0 atom stereocenters. The summed E-state index contributed by atoms with van der Waals surface area (Å²) in [7, 11) is 0. The van der Waals surface area contributed by atoms with Crippen molar-refractivity contribution in [2.24, 2.45) is 0 Å². The predicted octanol–water partition coefficient (Wildman–Crippen LogP) is 3.09. The Morgan fingerprint density at radius 1 is 1.13 bits per heavy atom. The summed E-state index contributed by atoms with van der Waals surface area (Å²) in [6, 6.07) is 10.6. The fourth-order valence-electron chi connectivity index (χ4n) is 3.83. The number of hydrogen-bond donors (Lipinski definition) is 2. The summed E-state index contributed by atoms with van der Waals surface area (Å²) in [5, 5.41) is 1.97. The number of hydrogen-bond acceptors (Lipinski definition) is 4. The van der Waals surface area contributed by atoms with E-state index in [2.05, 4.69) is 58.0 Å². The number of aromatic nitrogens is 3. The van der Waals surface area contributed by atoms with Gasteiger partial charge in [0.05, 0.1) is 16.4 Å². The third-order valence-corrected chi connectivity index (χ3v) is 4.72. The number of rotatable bonds is 0. The molecular weight excluding hydrogens is 286 g/mol. The Bertz CT molecular complexity index is 1120. The van der Waals surface area contributed by atoms with Gasteiger partial charge in [0.1, 0.15) is 5.82 Å². The van der Waals surface area contributed by atoms with Crippen LogP contribution in [-0.2, 0) is 6.54 Å². The van der Waals surface area contributed by atoms with Crippen LogP contribution in [-0.4, -0.2) is 14.5 Å². The van der Waals surface area contributed by atoms with E-state index in [1.54, 1.807) is 0 Å². The molecule has 0 aliphatic carbocycles. The third kappa shape index (κ3) is 1.51. The van der Waals surface area contributed by atoms with Crippen LogP contribution < -0.4 is 11.5 Å². The molecule has 1 aliphatic rings. The minimum atomic E-state index is 0.210. The van der Waals surface area contributed by atoms with Crippen molar-refractivity contribution in [3.05, 3.63) is 47.7 Å². The molecule has 23 heavy (non-hydrogen) atoms. The Morgan fingerprint density at radius 3 is 2.87 bits per heavy atom. The Balaban J connectivity index is 2.04. The molecule has 0 unspecified atom stereocenters. The highest BCUT2D eigenvalue weighted by molar-refractivity contribution is 6.16. The predicted molar refractivity (Wildman–Crippen MR) is 93.1 cm³/mol. The van der Waals surface area contributed by atoms with E-state index in [4.69, 9.17) is 11.5 Å². The Morgan fingerprint density at radius 2 is 2.00 bits per heavy atom. The smallest absolute Gasteiger partial charge is 0.222 e. The molecule has 112 valence electrons. The summed E-state index contributed by atoms with van der Waals surface area (Å²) in [5.74, 6) is 0.647. The quantitative estimate of drug-likeness (QED) is 0.460. The van der Waals surface area contributed by atoms with Crippen molar-refractivity contribution in [3.63, 3.8) is 0 Å². The van der Waals surface area contributed by atoms with Crippen LogP contribution in [0.4, 0.5) is 11.8 Å². The van der Waals surface area contributed by atoms with Crippen LogP contribution >= 0.6 is 0 Å². The Kier molecular flexibility index (Phi) is 2.17. The molecular formula is C18H15N5. The van der Waals surface area contributed by atoms with Crippen molar-refractivity contribution in [3.8, 4) is 11.1 Å². The summed E-state index contributed by atoms with van der Waals surface area (Å²) >= 11 is 0. The molecule has 0 saturated carbocycles. The maximum Gasteiger partial charge on any atom is 0.222 e. The van der Waals surface area contributed by atoms with Gasteiger partial charge < -0.3 is 16.0 Å². The van der Waals surface area contributed by atoms with E-state index in [0.717, 1.165) is 22.8 Å². The molecule has 3 heterocycles. The largest absolute Gasteiger partial charge is 0.383 e. The van der Waals surface area contributed by atoms with Gasteiger partial charge in [-0.25, -0.2) is 4.98 Å². The first kappa shape index (κ1) is 12.5. The van der Waals surface area contributed by atoms with Gasteiger partial charge in [-0.3, -0.25) is 0 Å².